The number of rotatable bonds is 7. The molecule has 0 aromatic carbocycles. The molecule has 0 spiro atoms. The molecule has 1 aliphatic rings. The predicted molar refractivity (Wildman–Crippen MR) is 134 cm³/mol. The van der Waals surface area contributed by atoms with E-state index in [1.165, 1.54) is 0 Å². The number of carbonyl (C=O) groups is 1. The normalized spacial score (nSPS) is 15.3. The molecule has 2 N–H and O–H groups in total. The van der Waals surface area contributed by atoms with Crippen molar-refractivity contribution >= 4 is 43.6 Å². The Morgan fingerprint density at radius 3 is 2.42 bits per heavy atom. The predicted octanol–water partition coefficient (Wildman–Crippen LogP) is 2.09. The van der Waals surface area contributed by atoms with Gasteiger partial charge in [0.25, 0.3) is 0 Å². The van der Waals surface area contributed by atoms with Gasteiger partial charge in [0.15, 0.2) is 0 Å². The molecule has 2 aromatic heterocycles. The smallest absolute Gasteiger partial charge is 0.444 e. The van der Waals surface area contributed by atoms with Crippen molar-refractivity contribution in [3.8, 4) is 0 Å². The minimum absolute atomic E-state index is 0.212. The zero-order valence-corrected chi connectivity index (χ0v) is 21.7. The van der Waals surface area contributed by atoms with Crippen LogP contribution in [-0.4, -0.2) is 84.2 Å². The summed E-state index contributed by atoms with van der Waals surface area (Å²) in [4.78, 5) is 20.8. The quantitative estimate of drug-likeness (QED) is 0.466. The zero-order chi connectivity index (χ0) is 24.4. The fraction of sp³-hybridized carbons (Fsp3) is 0.636. The van der Waals surface area contributed by atoms with Crippen molar-refractivity contribution in [2.24, 2.45) is 0 Å². The second kappa shape index (κ2) is 10.0. The first-order chi connectivity index (χ1) is 15.4. The van der Waals surface area contributed by atoms with Crippen molar-refractivity contribution in [2.45, 2.75) is 58.8 Å². The van der Waals surface area contributed by atoms with Crippen LogP contribution < -0.4 is 10.5 Å². The first kappa shape index (κ1) is 25.5. The molecule has 1 fully saturated rings. The summed E-state index contributed by atoms with van der Waals surface area (Å²) in [5, 5.41) is 20.8. The van der Waals surface area contributed by atoms with Crippen molar-refractivity contribution in [3.05, 3.63) is 18.3 Å². The molecule has 3 heterocycles. The summed E-state index contributed by atoms with van der Waals surface area (Å²) in [6, 6.07) is 4.73. The lowest BCUT2D eigenvalue weighted by molar-refractivity contribution is 0.0240. The number of carbonyl (C=O) groups excluding carboxylic acids is 1. The number of aromatic nitrogens is 2. The Balaban J connectivity index is 1.76. The van der Waals surface area contributed by atoms with Gasteiger partial charge in [-0.05, 0) is 38.9 Å². The van der Waals surface area contributed by atoms with Gasteiger partial charge in [0, 0.05) is 58.1 Å². The van der Waals surface area contributed by atoms with Crippen molar-refractivity contribution in [2.75, 3.05) is 37.7 Å². The highest BCUT2D eigenvalue weighted by Crippen LogP contribution is 2.27. The van der Waals surface area contributed by atoms with Gasteiger partial charge in [-0.3, -0.25) is 0 Å². The monoisotopic (exact) mass is 476 g/mol. The lowest BCUT2D eigenvalue weighted by Gasteiger charge is -2.37. The Bertz CT molecular complexity index is 962. The fourth-order valence-electron chi connectivity index (χ4n) is 3.77. The second-order valence-corrected chi connectivity index (χ2v) is 16.4. The number of anilines is 1. The summed E-state index contributed by atoms with van der Waals surface area (Å²) in [5.41, 5.74) is 1.43. The van der Waals surface area contributed by atoms with Gasteiger partial charge in [-0.2, -0.15) is 0 Å². The van der Waals surface area contributed by atoms with Crippen molar-refractivity contribution < 1.29 is 24.3 Å². The van der Waals surface area contributed by atoms with E-state index in [-0.39, 0.29) is 12.8 Å². The Kier molecular flexibility index (Phi) is 7.77. The van der Waals surface area contributed by atoms with E-state index in [0.717, 1.165) is 17.1 Å². The molecule has 9 nitrogen and oxygen atoms in total. The highest BCUT2D eigenvalue weighted by atomic mass is 28.3. The topological polar surface area (TPSA) is 100 Å². The average molecular weight is 476 g/mol. The highest BCUT2D eigenvalue weighted by Gasteiger charge is 2.28. The SMILES string of the molecule is CC(C)(C)OC(=O)N1CCN(c2ccnc3c2cc(B(O)O)n3COCC[Si](C)(C)C)CC1. The van der Waals surface area contributed by atoms with Crippen LogP contribution in [0.25, 0.3) is 11.0 Å². The number of hydrogen-bond acceptors (Lipinski definition) is 7. The molecule has 1 amide bonds. The maximum absolute atomic E-state index is 12.4. The summed E-state index contributed by atoms with van der Waals surface area (Å²) >= 11 is 0. The van der Waals surface area contributed by atoms with Crippen LogP contribution >= 0.6 is 0 Å². The van der Waals surface area contributed by atoms with Crippen LogP contribution in [0.15, 0.2) is 18.3 Å². The summed E-state index contributed by atoms with van der Waals surface area (Å²) in [6.07, 6.45) is 1.43. The van der Waals surface area contributed by atoms with Crippen molar-refractivity contribution in [1.29, 1.82) is 0 Å². The molecule has 0 unspecified atom stereocenters. The second-order valence-electron chi connectivity index (χ2n) is 10.7. The summed E-state index contributed by atoms with van der Waals surface area (Å²) < 4.78 is 13.1. The summed E-state index contributed by atoms with van der Waals surface area (Å²) in [6.45, 7) is 15.7. The number of piperazine rings is 1. The Morgan fingerprint density at radius 1 is 1.18 bits per heavy atom. The van der Waals surface area contributed by atoms with Gasteiger partial charge in [0.05, 0.1) is 5.59 Å². The van der Waals surface area contributed by atoms with E-state index in [1.54, 1.807) is 21.7 Å². The third-order valence-electron chi connectivity index (χ3n) is 5.56. The molecular weight excluding hydrogens is 439 g/mol. The molecule has 11 heteroatoms. The Morgan fingerprint density at radius 2 is 1.85 bits per heavy atom. The summed E-state index contributed by atoms with van der Waals surface area (Å²) in [5.74, 6) is 0. The minimum Gasteiger partial charge on any atom is -0.444 e. The maximum Gasteiger partial charge on any atom is 0.506 e. The number of hydrogen-bond donors (Lipinski definition) is 2. The lowest BCUT2D eigenvalue weighted by Crippen LogP contribution is -2.50. The third-order valence-corrected chi connectivity index (χ3v) is 7.26. The minimum atomic E-state index is -1.63. The summed E-state index contributed by atoms with van der Waals surface area (Å²) in [7, 11) is -2.85. The third kappa shape index (κ3) is 6.72. The van der Waals surface area contributed by atoms with E-state index < -0.39 is 20.8 Å². The molecule has 0 radical (unpaired) electrons. The van der Waals surface area contributed by atoms with Crippen LogP contribution in [0.1, 0.15) is 20.8 Å². The van der Waals surface area contributed by atoms with Gasteiger partial charge in [-0.25, -0.2) is 9.78 Å². The standard InChI is InChI=1S/C22H37BN4O5Si/c1-22(2,3)32-21(28)26-11-9-25(10-12-26)18-7-8-24-20-17(18)15-19(23(29)30)27(20)16-31-13-14-33(4,5)6/h7-8,15,29-30H,9-14,16H2,1-6H3. The molecule has 3 rings (SSSR count). The molecule has 33 heavy (non-hydrogen) atoms. The van der Waals surface area contributed by atoms with E-state index in [2.05, 4.69) is 29.5 Å². The van der Waals surface area contributed by atoms with Crippen molar-refractivity contribution in [3.63, 3.8) is 0 Å². The number of pyridine rings is 1. The first-order valence-corrected chi connectivity index (χ1v) is 15.2. The molecule has 182 valence electrons. The fourth-order valence-corrected chi connectivity index (χ4v) is 4.53. The molecular formula is C22H37BN4O5Si. The average Bonchev–Trinajstić information content (AvgIpc) is 3.08. The highest BCUT2D eigenvalue weighted by molar-refractivity contribution is 6.76. The number of amides is 1. The van der Waals surface area contributed by atoms with Crippen molar-refractivity contribution in [1.82, 2.24) is 14.5 Å². The van der Waals surface area contributed by atoms with E-state index in [1.807, 2.05) is 26.8 Å². The molecule has 1 aliphatic heterocycles. The van der Waals surface area contributed by atoms with Crippen LogP contribution in [0, 0.1) is 0 Å². The van der Waals surface area contributed by atoms with Crippen LogP contribution in [0.3, 0.4) is 0 Å². The molecule has 0 saturated carbocycles. The first-order valence-electron chi connectivity index (χ1n) is 11.5. The van der Waals surface area contributed by atoms with E-state index >= 15 is 0 Å². The Hall–Kier alpha value is -2.08. The molecule has 2 aromatic rings. The maximum atomic E-state index is 12.4. The molecule has 0 bridgehead atoms. The molecule has 1 saturated heterocycles. The van der Waals surface area contributed by atoms with Gasteiger partial charge in [0.1, 0.15) is 18.0 Å². The van der Waals surface area contributed by atoms with Crippen LogP contribution in [0.5, 0.6) is 0 Å². The van der Waals surface area contributed by atoms with Gasteiger partial charge < -0.3 is 33.9 Å². The number of nitrogens with zero attached hydrogens (tertiary/aromatic N) is 4. The Labute approximate surface area is 197 Å². The van der Waals surface area contributed by atoms with Crippen LogP contribution in [0.4, 0.5) is 10.5 Å². The molecule has 0 atom stereocenters. The van der Waals surface area contributed by atoms with Gasteiger partial charge in [-0.1, -0.05) is 19.6 Å². The van der Waals surface area contributed by atoms with Gasteiger partial charge in [0.2, 0.25) is 0 Å². The number of fused-ring (bicyclic) bond motifs is 1. The molecule has 0 aliphatic carbocycles. The van der Waals surface area contributed by atoms with Gasteiger partial charge in [-0.15, -0.1) is 0 Å². The van der Waals surface area contributed by atoms with Crippen LogP contribution in [0.2, 0.25) is 25.7 Å². The zero-order valence-electron chi connectivity index (χ0n) is 20.7. The van der Waals surface area contributed by atoms with E-state index in [9.17, 15) is 14.8 Å². The van der Waals surface area contributed by atoms with Gasteiger partial charge >= 0.3 is 13.2 Å². The van der Waals surface area contributed by atoms with E-state index in [0.29, 0.717) is 44.0 Å². The number of ether oxygens (including phenoxy) is 2. The lowest BCUT2D eigenvalue weighted by atomic mass is 9.86. The van der Waals surface area contributed by atoms with Crippen LogP contribution in [-0.2, 0) is 16.2 Å². The van der Waals surface area contributed by atoms with E-state index in [4.69, 9.17) is 9.47 Å². The largest absolute Gasteiger partial charge is 0.506 e.